The number of H-pyrrole nitrogens is 2. The van der Waals surface area contributed by atoms with Crippen LogP contribution in [0.15, 0.2) is 46.1 Å². The summed E-state index contributed by atoms with van der Waals surface area (Å²) in [5.41, 5.74) is 2.86. The fourth-order valence-corrected chi connectivity index (χ4v) is 3.14. The smallest absolute Gasteiger partial charge is 0.209 e. The van der Waals surface area contributed by atoms with E-state index in [4.69, 9.17) is 16.3 Å². The molecule has 0 amide bonds. The van der Waals surface area contributed by atoms with Crippen LogP contribution in [0.25, 0.3) is 22.4 Å². The maximum Gasteiger partial charge on any atom is 0.209 e. The molecule has 0 radical (unpaired) electrons. The summed E-state index contributed by atoms with van der Waals surface area (Å²) < 4.78 is 5.62. The van der Waals surface area contributed by atoms with Gasteiger partial charge in [0.05, 0.1) is 17.4 Å². The number of aryl methyl sites for hydroxylation is 2. The van der Waals surface area contributed by atoms with Gasteiger partial charge in [-0.25, -0.2) is 0 Å². The van der Waals surface area contributed by atoms with Crippen LogP contribution in [0.5, 0.6) is 5.75 Å². The number of rotatable bonds is 4. The highest BCUT2D eigenvalue weighted by Gasteiger charge is 2.15. The SMILES string of the molecule is Cc1[nH]c(C)c(-c2cc(=O)c(-c3ccc(OC(C)C)cc3)c[nH]2)c(=O)c1Cl. The highest BCUT2D eigenvalue weighted by atomic mass is 35.5. The van der Waals surface area contributed by atoms with Gasteiger partial charge in [-0.15, -0.1) is 0 Å². The zero-order valence-electron chi connectivity index (χ0n) is 15.6. The minimum absolute atomic E-state index is 0.0844. The maximum absolute atomic E-state index is 12.7. The summed E-state index contributed by atoms with van der Waals surface area (Å²) in [6.45, 7) is 7.43. The van der Waals surface area contributed by atoms with Gasteiger partial charge in [0.25, 0.3) is 0 Å². The van der Waals surface area contributed by atoms with Gasteiger partial charge in [0.15, 0.2) is 5.43 Å². The molecule has 0 saturated heterocycles. The molecule has 2 aromatic heterocycles. The second kappa shape index (κ2) is 7.45. The Morgan fingerprint density at radius 2 is 1.70 bits per heavy atom. The Labute approximate surface area is 162 Å². The first-order valence-corrected chi connectivity index (χ1v) is 9.05. The summed E-state index contributed by atoms with van der Waals surface area (Å²) in [5, 5.41) is 0.126. The average molecular weight is 385 g/mol. The van der Waals surface area contributed by atoms with Crippen molar-refractivity contribution in [2.24, 2.45) is 0 Å². The molecule has 0 bridgehead atoms. The average Bonchev–Trinajstić information content (AvgIpc) is 2.60. The van der Waals surface area contributed by atoms with Gasteiger partial charge in [0, 0.05) is 29.2 Å². The highest BCUT2D eigenvalue weighted by Crippen LogP contribution is 2.23. The molecule has 1 aromatic carbocycles. The van der Waals surface area contributed by atoms with E-state index in [-0.39, 0.29) is 22.0 Å². The minimum Gasteiger partial charge on any atom is -0.491 e. The van der Waals surface area contributed by atoms with Gasteiger partial charge in [0.1, 0.15) is 10.8 Å². The van der Waals surface area contributed by atoms with Crippen LogP contribution in [-0.4, -0.2) is 16.1 Å². The molecule has 6 heteroatoms. The minimum atomic E-state index is -0.302. The number of hydrogen-bond acceptors (Lipinski definition) is 3. The Morgan fingerprint density at radius 3 is 2.30 bits per heavy atom. The summed E-state index contributed by atoms with van der Waals surface area (Å²) in [6, 6.07) is 8.76. The Balaban J connectivity index is 2.02. The zero-order chi connectivity index (χ0) is 19.7. The molecular formula is C21H21ClN2O3. The Bertz CT molecular complexity index is 1100. The van der Waals surface area contributed by atoms with Crippen LogP contribution >= 0.6 is 11.6 Å². The summed E-state index contributed by atoms with van der Waals surface area (Å²) >= 11 is 6.07. The third-order valence-electron chi connectivity index (χ3n) is 4.22. The normalized spacial score (nSPS) is 11.0. The molecule has 0 fully saturated rings. The predicted molar refractivity (Wildman–Crippen MR) is 109 cm³/mol. The van der Waals surface area contributed by atoms with E-state index in [0.29, 0.717) is 28.2 Å². The van der Waals surface area contributed by atoms with E-state index in [1.807, 2.05) is 38.1 Å². The van der Waals surface area contributed by atoms with Gasteiger partial charge >= 0.3 is 0 Å². The summed E-state index contributed by atoms with van der Waals surface area (Å²) in [6.07, 6.45) is 1.70. The van der Waals surface area contributed by atoms with E-state index in [1.54, 1.807) is 20.0 Å². The molecule has 2 N–H and O–H groups in total. The summed E-state index contributed by atoms with van der Waals surface area (Å²) in [7, 11) is 0. The van der Waals surface area contributed by atoms with Gasteiger partial charge in [-0.05, 0) is 45.4 Å². The molecule has 3 rings (SSSR count). The molecule has 0 atom stereocenters. The Hall–Kier alpha value is -2.79. The number of benzene rings is 1. The lowest BCUT2D eigenvalue weighted by Crippen LogP contribution is -2.14. The number of hydrogen-bond donors (Lipinski definition) is 2. The number of halogens is 1. The number of ether oxygens (including phenoxy) is 1. The second-order valence-corrected chi connectivity index (χ2v) is 7.09. The van der Waals surface area contributed by atoms with Crippen LogP contribution in [0.3, 0.4) is 0 Å². The van der Waals surface area contributed by atoms with Crippen LogP contribution in [0, 0.1) is 13.8 Å². The van der Waals surface area contributed by atoms with E-state index in [0.717, 1.165) is 11.3 Å². The van der Waals surface area contributed by atoms with Crippen molar-refractivity contribution in [1.82, 2.24) is 9.97 Å². The van der Waals surface area contributed by atoms with Crippen molar-refractivity contribution in [2.75, 3.05) is 0 Å². The van der Waals surface area contributed by atoms with Gasteiger partial charge in [0.2, 0.25) is 5.43 Å². The lowest BCUT2D eigenvalue weighted by molar-refractivity contribution is 0.242. The molecule has 0 aliphatic rings. The van der Waals surface area contributed by atoms with Crippen molar-refractivity contribution in [3.05, 3.63) is 73.4 Å². The quantitative estimate of drug-likeness (QED) is 0.697. The number of pyridine rings is 2. The van der Waals surface area contributed by atoms with Crippen molar-refractivity contribution in [3.63, 3.8) is 0 Å². The Kier molecular flexibility index (Phi) is 5.24. The molecule has 27 heavy (non-hydrogen) atoms. The molecule has 0 unspecified atom stereocenters. The molecule has 0 aliphatic heterocycles. The number of aromatic nitrogens is 2. The number of aromatic amines is 2. The monoisotopic (exact) mass is 384 g/mol. The number of nitrogens with one attached hydrogen (secondary N) is 2. The third kappa shape index (κ3) is 3.83. The molecule has 3 aromatic rings. The molecule has 140 valence electrons. The largest absolute Gasteiger partial charge is 0.491 e. The van der Waals surface area contributed by atoms with E-state index >= 15 is 0 Å². The van der Waals surface area contributed by atoms with Crippen molar-refractivity contribution in [1.29, 1.82) is 0 Å². The molecule has 0 spiro atoms. The zero-order valence-corrected chi connectivity index (χ0v) is 16.4. The first-order valence-electron chi connectivity index (χ1n) is 8.67. The van der Waals surface area contributed by atoms with Gasteiger partial charge in [-0.3, -0.25) is 9.59 Å². The van der Waals surface area contributed by atoms with Gasteiger partial charge in [-0.1, -0.05) is 23.7 Å². The van der Waals surface area contributed by atoms with Crippen molar-refractivity contribution in [2.45, 2.75) is 33.8 Å². The summed E-state index contributed by atoms with van der Waals surface area (Å²) in [4.78, 5) is 31.3. The van der Waals surface area contributed by atoms with E-state index < -0.39 is 0 Å². The van der Waals surface area contributed by atoms with Crippen molar-refractivity contribution >= 4 is 11.6 Å². The molecular weight excluding hydrogens is 364 g/mol. The first-order chi connectivity index (χ1) is 12.8. The third-order valence-corrected chi connectivity index (χ3v) is 4.68. The molecule has 5 nitrogen and oxygen atoms in total. The van der Waals surface area contributed by atoms with E-state index in [2.05, 4.69) is 9.97 Å². The lowest BCUT2D eigenvalue weighted by Gasteiger charge is -2.11. The molecule has 0 aliphatic carbocycles. The van der Waals surface area contributed by atoms with Crippen LogP contribution in [-0.2, 0) is 0 Å². The van der Waals surface area contributed by atoms with Gasteiger partial charge < -0.3 is 14.7 Å². The van der Waals surface area contributed by atoms with E-state index in [1.165, 1.54) is 6.07 Å². The topological polar surface area (TPSA) is 75.0 Å². The standard InChI is InChI=1S/C21H21ClN2O3/c1-11(2)27-15-7-5-14(6-8-15)16-10-23-17(9-18(16)25)19-12(3)24-13(4)20(22)21(19)26/h5-11H,1-4H3,(H,23,25)(H,24,26). The van der Waals surface area contributed by atoms with Crippen LogP contribution in [0.4, 0.5) is 0 Å². The molecule has 0 saturated carbocycles. The predicted octanol–water partition coefficient (Wildman–Crippen LogP) is 4.45. The van der Waals surface area contributed by atoms with Gasteiger partial charge in [-0.2, -0.15) is 0 Å². The second-order valence-electron chi connectivity index (χ2n) is 6.71. The first kappa shape index (κ1) is 19.0. The maximum atomic E-state index is 12.7. The van der Waals surface area contributed by atoms with Crippen LogP contribution < -0.4 is 15.6 Å². The van der Waals surface area contributed by atoms with Crippen LogP contribution in [0.2, 0.25) is 5.02 Å². The van der Waals surface area contributed by atoms with E-state index in [9.17, 15) is 9.59 Å². The highest BCUT2D eigenvalue weighted by molar-refractivity contribution is 6.31. The molecule has 2 heterocycles. The Morgan fingerprint density at radius 1 is 1.04 bits per heavy atom. The lowest BCUT2D eigenvalue weighted by atomic mass is 10.0. The van der Waals surface area contributed by atoms with Crippen molar-refractivity contribution < 1.29 is 4.74 Å². The fourth-order valence-electron chi connectivity index (χ4n) is 3.00. The fraction of sp³-hybridized carbons (Fsp3) is 0.238. The summed E-state index contributed by atoms with van der Waals surface area (Å²) in [5.74, 6) is 0.748. The van der Waals surface area contributed by atoms with Crippen molar-refractivity contribution in [3.8, 4) is 28.1 Å². The van der Waals surface area contributed by atoms with Crippen LogP contribution in [0.1, 0.15) is 25.2 Å².